The molecule has 0 aliphatic carbocycles. The lowest BCUT2D eigenvalue weighted by atomic mass is 9.94. The van der Waals surface area contributed by atoms with Crippen LogP contribution in [0.3, 0.4) is 0 Å². The average Bonchev–Trinajstić information content (AvgIpc) is 2.36. The molecule has 1 unspecified atom stereocenters. The summed E-state index contributed by atoms with van der Waals surface area (Å²) < 4.78 is 13.5. The fraction of sp³-hybridized carbons (Fsp3) is 0.250. The molecule has 0 aliphatic rings. The molecule has 0 aromatic heterocycles. The van der Waals surface area contributed by atoms with Crippen LogP contribution in [-0.2, 0) is 0 Å². The van der Waals surface area contributed by atoms with Gasteiger partial charge < -0.3 is 5.32 Å². The normalized spacial score (nSPS) is 12.5. The average molecular weight is 278 g/mol. The largest absolute Gasteiger partial charge is 0.309 e. The molecule has 2 aromatic rings. The summed E-state index contributed by atoms with van der Waals surface area (Å²) in [4.78, 5) is 0. The number of hydrogen-bond donors (Lipinski definition) is 1. The molecule has 2 rings (SSSR count). The van der Waals surface area contributed by atoms with E-state index in [-0.39, 0.29) is 11.9 Å². The van der Waals surface area contributed by atoms with Crippen molar-refractivity contribution in [1.29, 1.82) is 0 Å². The van der Waals surface area contributed by atoms with Crippen LogP contribution in [0, 0.1) is 19.7 Å². The van der Waals surface area contributed by atoms with E-state index in [0.717, 1.165) is 22.3 Å². The summed E-state index contributed by atoms with van der Waals surface area (Å²) >= 11 is 6.31. The zero-order chi connectivity index (χ0) is 14.0. The van der Waals surface area contributed by atoms with Gasteiger partial charge in [0.15, 0.2) is 0 Å². The monoisotopic (exact) mass is 277 g/mol. The van der Waals surface area contributed by atoms with Gasteiger partial charge in [0.2, 0.25) is 0 Å². The fourth-order valence-electron chi connectivity index (χ4n) is 2.27. The molecule has 2 aromatic carbocycles. The van der Waals surface area contributed by atoms with E-state index in [1.165, 1.54) is 6.07 Å². The summed E-state index contributed by atoms with van der Waals surface area (Å²) in [5.74, 6) is -0.232. The Morgan fingerprint density at radius 2 is 1.79 bits per heavy atom. The maximum Gasteiger partial charge on any atom is 0.123 e. The van der Waals surface area contributed by atoms with E-state index in [1.807, 2.05) is 39.1 Å². The Bertz CT molecular complexity index is 595. The van der Waals surface area contributed by atoms with Crippen LogP contribution >= 0.6 is 11.6 Å². The third-order valence-electron chi connectivity index (χ3n) is 3.31. The second kappa shape index (κ2) is 5.72. The van der Waals surface area contributed by atoms with Crippen molar-refractivity contribution in [2.75, 3.05) is 7.05 Å². The number of nitrogens with one attached hydrogen (secondary N) is 1. The van der Waals surface area contributed by atoms with E-state index >= 15 is 0 Å². The highest BCUT2D eigenvalue weighted by Crippen LogP contribution is 2.30. The predicted molar refractivity (Wildman–Crippen MR) is 78.2 cm³/mol. The number of aryl methyl sites for hydroxylation is 2. The zero-order valence-corrected chi connectivity index (χ0v) is 12.1. The Labute approximate surface area is 118 Å². The SMILES string of the molecule is CNC(c1cc(F)ccc1C)c1ccc(C)cc1Cl. The minimum Gasteiger partial charge on any atom is -0.309 e. The van der Waals surface area contributed by atoms with E-state index in [9.17, 15) is 4.39 Å². The molecule has 0 spiro atoms. The van der Waals surface area contributed by atoms with Gasteiger partial charge in [-0.1, -0.05) is 29.8 Å². The van der Waals surface area contributed by atoms with E-state index in [4.69, 9.17) is 11.6 Å². The molecule has 1 atom stereocenters. The van der Waals surface area contributed by atoms with Gasteiger partial charge in [0.1, 0.15) is 5.82 Å². The van der Waals surface area contributed by atoms with Crippen molar-refractivity contribution in [1.82, 2.24) is 5.32 Å². The standard InChI is InChI=1S/C16H17ClFN/c1-10-4-7-13(15(17)8-10)16(19-3)14-9-12(18)6-5-11(14)2/h4-9,16,19H,1-3H3. The van der Waals surface area contributed by atoms with Crippen LogP contribution in [0.5, 0.6) is 0 Å². The third kappa shape index (κ3) is 2.96. The predicted octanol–water partition coefficient (Wildman–Crippen LogP) is 4.40. The van der Waals surface area contributed by atoms with Gasteiger partial charge in [0, 0.05) is 5.02 Å². The van der Waals surface area contributed by atoms with Gasteiger partial charge in [0.05, 0.1) is 6.04 Å². The Kier molecular flexibility index (Phi) is 4.23. The quantitative estimate of drug-likeness (QED) is 0.876. The summed E-state index contributed by atoms with van der Waals surface area (Å²) in [6.07, 6.45) is 0. The first-order valence-electron chi connectivity index (χ1n) is 6.22. The van der Waals surface area contributed by atoms with Crippen LogP contribution in [-0.4, -0.2) is 7.05 Å². The van der Waals surface area contributed by atoms with Gasteiger partial charge in [-0.05, 0) is 61.3 Å². The van der Waals surface area contributed by atoms with Gasteiger partial charge in [-0.2, -0.15) is 0 Å². The van der Waals surface area contributed by atoms with Crippen LogP contribution in [0.25, 0.3) is 0 Å². The molecule has 0 saturated heterocycles. The van der Waals surface area contributed by atoms with Crippen LogP contribution in [0.2, 0.25) is 5.02 Å². The minimum atomic E-state index is -0.232. The molecule has 3 heteroatoms. The summed E-state index contributed by atoms with van der Waals surface area (Å²) in [6, 6.07) is 10.6. The van der Waals surface area contributed by atoms with Gasteiger partial charge in [-0.3, -0.25) is 0 Å². The van der Waals surface area contributed by atoms with Crippen LogP contribution in [0.4, 0.5) is 4.39 Å². The van der Waals surface area contributed by atoms with Gasteiger partial charge in [-0.25, -0.2) is 4.39 Å². The van der Waals surface area contributed by atoms with E-state index in [0.29, 0.717) is 5.02 Å². The summed E-state index contributed by atoms with van der Waals surface area (Å²) in [5.41, 5.74) is 4.02. The molecule has 1 N–H and O–H groups in total. The van der Waals surface area contributed by atoms with Crippen LogP contribution < -0.4 is 5.32 Å². The fourth-order valence-corrected chi connectivity index (χ4v) is 2.61. The first-order chi connectivity index (χ1) is 9.02. The first-order valence-corrected chi connectivity index (χ1v) is 6.60. The lowest BCUT2D eigenvalue weighted by molar-refractivity contribution is 0.615. The maximum atomic E-state index is 13.5. The van der Waals surface area contributed by atoms with Crippen molar-refractivity contribution in [2.24, 2.45) is 0 Å². The Hall–Kier alpha value is -1.38. The highest BCUT2D eigenvalue weighted by Gasteiger charge is 2.17. The molecule has 0 amide bonds. The summed E-state index contributed by atoms with van der Waals surface area (Å²) in [7, 11) is 1.85. The molecule has 0 radical (unpaired) electrons. The highest BCUT2D eigenvalue weighted by molar-refractivity contribution is 6.31. The Morgan fingerprint density at radius 1 is 1.05 bits per heavy atom. The number of hydrogen-bond acceptors (Lipinski definition) is 1. The molecule has 100 valence electrons. The van der Waals surface area contributed by atoms with Crippen molar-refractivity contribution in [2.45, 2.75) is 19.9 Å². The van der Waals surface area contributed by atoms with Crippen LogP contribution in [0.1, 0.15) is 28.3 Å². The molecule has 0 saturated carbocycles. The second-order valence-electron chi connectivity index (χ2n) is 4.75. The van der Waals surface area contributed by atoms with Crippen molar-refractivity contribution >= 4 is 11.6 Å². The van der Waals surface area contributed by atoms with Crippen LogP contribution in [0.15, 0.2) is 36.4 Å². The maximum absolute atomic E-state index is 13.5. The van der Waals surface area contributed by atoms with E-state index in [2.05, 4.69) is 5.32 Å². The van der Waals surface area contributed by atoms with Crippen molar-refractivity contribution < 1.29 is 4.39 Å². The number of benzene rings is 2. The number of rotatable bonds is 3. The Morgan fingerprint density at radius 3 is 2.42 bits per heavy atom. The Balaban J connectivity index is 2.52. The van der Waals surface area contributed by atoms with Gasteiger partial charge in [-0.15, -0.1) is 0 Å². The molecule has 19 heavy (non-hydrogen) atoms. The van der Waals surface area contributed by atoms with E-state index in [1.54, 1.807) is 12.1 Å². The van der Waals surface area contributed by atoms with E-state index < -0.39 is 0 Å². The minimum absolute atomic E-state index is 0.108. The highest BCUT2D eigenvalue weighted by atomic mass is 35.5. The molecule has 0 heterocycles. The molecular formula is C16H17ClFN. The molecule has 1 nitrogen and oxygen atoms in total. The first kappa shape index (κ1) is 14.0. The molecular weight excluding hydrogens is 261 g/mol. The van der Waals surface area contributed by atoms with Gasteiger partial charge >= 0.3 is 0 Å². The van der Waals surface area contributed by atoms with Crippen molar-refractivity contribution in [3.05, 3.63) is 69.5 Å². The molecule has 0 aliphatic heterocycles. The third-order valence-corrected chi connectivity index (χ3v) is 3.64. The lowest BCUT2D eigenvalue weighted by Crippen LogP contribution is -2.19. The molecule has 0 fully saturated rings. The summed E-state index contributed by atoms with van der Waals surface area (Å²) in [5, 5.41) is 3.91. The number of halogens is 2. The zero-order valence-electron chi connectivity index (χ0n) is 11.3. The lowest BCUT2D eigenvalue weighted by Gasteiger charge is -2.21. The topological polar surface area (TPSA) is 12.0 Å². The van der Waals surface area contributed by atoms with Crippen molar-refractivity contribution in [3.8, 4) is 0 Å². The summed E-state index contributed by atoms with van der Waals surface area (Å²) in [6.45, 7) is 3.97. The molecule has 0 bridgehead atoms. The smallest absolute Gasteiger partial charge is 0.123 e. The second-order valence-corrected chi connectivity index (χ2v) is 5.15. The van der Waals surface area contributed by atoms with Crippen molar-refractivity contribution in [3.63, 3.8) is 0 Å². The van der Waals surface area contributed by atoms with Gasteiger partial charge in [0.25, 0.3) is 0 Å².